The van der Waals surface area contributed by atoms with Crippen molar-refractivity contribution in [3.8, 4) is 69.6 Å². The highest BCUT2D eigenvalue weighted by molar-refractivity contribution is 7.29. The zero-order valence-electron chi connectivity index (χ0n) is 56.5. The van der Waals surface area contributed by atoms with E-state index in [2.05, 4.69) is 123 Å². The van der Waals surface area contributed by atoms with Crippen LogP contribution >= 0.6 is 90.7 Å². The number of nitrogens with zero attached hydrogens (tertiary/aromatic N) is 5. The van der Waals surface area contributed by atoms with Crippen LogP contribution in [0.15, 0.2) is 60.9 Å². The lowest BCUT2D eigenvalue weighted by molar-refractivity contribution is 0.604. The Balaban J connectivity index is 0.000000232. The highest BCUT2D eigenvalue weighted by atomic mass is 32.1. The molecule has 0 amide bonds. The zero-order valence-corrected chi connectivity index (χ0v) is 63.1. The van der Waals surface area contributed by atoms with Crippen molar-refractivity contribution in [2.75, 3.05) is 0 Å². The van der Waals surface area contributed by atoms with E-state index < -0.39 is 0 Å². The van der Waals surface area contributed by atoms with E-state index in [-0.39, 0.29) is 0 Å². The van der Waals surface area contributed by atoms with Gasteiger partial charge in [0.05, 0.1) is 41.5 Å². The Hall–Kier alpha value is -3.53. The quantitative estimate of drug-likeness (QED) is 0.0357. The third-order valence-corrected chi connectivity index (χ3v) is 26.7. The van der Waals surface area contributed by atoms with Crippen molar-refractivity contribution >= 4 is 90.7 Å². The number of thiazole rings is 5. The molecule has 8 aromatic heterocycles. The summed E-state index contributed by atoms with van der Waals surface area (Å²) < 4.78 is 0. The monoisotopic (exact) mass is 1360 g/mol. The van der Waals surface area contributed by atoms with Gasteiger partial charge in [0.25, 0.3) is 0 Å². The summed E-state index contributed by atoms with van der Waals surface area (Å²) in [4.78, 5) is 40.6. The Morgan fingerprint density at radius 3 is 1.19 bits per heavy atom. The minimum Gasteiger partial charge on any atom is -0.241 e. The van der Waals surface area contributed by atoms with E-state index in [0.717, 1.165) is 40.7 Å². The molecule has 0 unspecified atom stereocenters. The van der Waals surface area contributed by atoms with Crippen LogP contribution in [0.2, 0.25) is 0 Å². The molecule has 9 rings (SSSR count). The number of aromatic nitrogens is 5. The Kier molecular flexibility index (Phi) is 32.1. The van der Waals surface area contributed by atoms with Gasteiger partial charge in [-0.3, -0.25) is 0 Å². The summed E-state index contributed by atoms with van der Waals surface area (Å²) in [5.41, 5.74) is 9.43. The van der Waals surface area contributed by atoms with Crippen molar-refractivity contribution in [2.24, 2.45) is 0 Å². The fraction of sp³-hybridized carbons (Fsp3) is 0.571. The van der Waals surface area contributed by atoms with Gasteiger partial charge in [0.1, 0.15) is 15.0 Å². The molecular formula is C77H107N5S8. The fourth-order valence-corrected chi connectivity index (χ4v) is 20.6. The molecule has 0 spiro atoms. The second-order valence-electron chi connectivity index (χ2n) is 25.2. The summed E-state index contributed by atoms with van der Waals surface area (Å²) in [6.45, 7) is 20.3. The average Bonchev–Trinajstić information content (AvgIpc) is 1.70. The SMILES string of the molecule is CCCCCCCCc1cc(C)sc1-c1cnc(-c2ncc(-c3sc(-c4ccc(C)cc4)cc3CCCCCCCC)s2)s1.CCCCCCCCc1nc(-c2sc(-c3sc(-c4ccc(C)s4)nc3CCCCCCCC)nc2CCCCCCCC)sc1C. The van der Waals surface area contributed by atoms with Crippen molar-refractivity contribution in [3.05, 3.63) is 109 Å². The summed E-state index contributed by atoms with van der Waals surface area (Å²) in [5.74, 6) is 0. The number of hydrogen-bond donors (Lipinski definition) is 0. The van der Waals surface area contributed by atoms with E-state index >= 15 is 0 Å². The first-order valence-corrected chi connectivity index (χ1v) is 41.9. The van der Waals surface area contributed by atoms with Crippen molar-refractivity contribution in [3.63, 3.8) is 0 Å². The van der Waals surface area contributed by atoms with Crippen LogP contribution in [0.3, 0.4) is 0 Å². The van der Waals surface area contributed by atoms with Gasteiger partial charge in [0, 0.05) is 41.7 Å². The van der Waals surface area contributed by atoms with Gasteiger partial charge >= 0.3 is 0 Å². The summed E-state index contributed by atoms with van der Waals surface area (Å²) >= 11 is 15.0. The molecule has 0 aliphatic heterocycles. The minimum atomic E-state index is 1.04. The van der Waals surface area contributed by atoms with Crippen molar-refractivity contribution in [2.45, 2.75) is 287 Å². The van der Waals surface area contributed by atoms with Gasteiger partial charge in [-0.25, -0.2) is 24.9 Å². The summed E-state index contributed by atoms with van der Waals surface area (Å²) in [6, 6.07) is 18.3. The maximum Gasteiger partial charge on any atom is 0.152 e. The molecule has 0 saturated carbocycles. The molecule has 0 aliphatic carbocycles. The molecular weight excluding hydrogens is 1250 g/mol. The molecule has 488 valence electrons. The van der Waals surface area contributed by atoms with Crippen LogP contribution < -0.4 is 0 Å². The standard InChI is InChI=1S/C39H59N3S4.C38H48N2S4/c1-6-9-12-15-18-21-24-31-30(5)44-38(40-31)35-33(26-23-20-17-14-11-8-3)42-39(46-35)36-32(25-22-19-16-13-10-7-2)41-37(45-36)34-28-27-29(4)43-34;1-5-7-9-11-13-15-17-30-23-28(4)41-35(30)33-25-39-37(43-33)38-40-26-34(44-38)36-31(18-16-14-12-10-8-6-2)24-32(42-36)29-21-19-27(3)20-22-29/h27-28H,6-26H2,1-5H3;19-26H,5-18H2,1-4H3. The van der Waals surface area contributed by atoms with E-state index in [4.69, 9.17) is 24.9 Å². The topological polar surface area (TPSA) is 64.5 Å². The van der Waals surface area contributed by atoms with Gasteiger partial charge in [-0.15, -0.1) is 90.7 Å². The molecule has 0 N–H and O–H groups in total. The highest BCUT2D eigenvalue weighted by Crippen LogP contribution is 2.47. The molecule has 5 nitrogen and oxygen atoms in total. The van der Waals surface area contributed by atoms with E-state index in [0.29, 0.717) is 0 Å². The van der Waals surface area contributed by atoms with E-state index in [1.54, 1.807) is 22.7 Å². The van der Waals surface area contributed by atoms with Crippen LogP contribution in [0.4, 0.5) is 0 Å². The van der Waals surface area contributed by atoms with Crippen LogP contribution in [0.5, 0.6) is 0 Å². The molecule has 0 bridgehead atoms. The number of thiophene rings is 3. The first-order chi connectivity index (χ1) is 44.1. The van der Waals surface area contributed by atoms with Crippen LogP contribution in [-0.4, -0.2) is 24.9 Å². The molecule has 8 heterocycles. The number of unbranched alkanes of at least 4 members (excludes halogenated alkanes) is 25. The summed E-state index contributed by atoms with van der Waals surface area (Å²) in [7, 11) is 0. The number of benzene rings is 1. The number of aryl methyl sites for hydroxylation is 9. The number of rotatable bonds is 42. The smallest absolute Gasteiger partial charge is 0.152 e. The van der Waals surface area contributed by atoms with Crippen molar-refractivity contribution in [1.29, 1.82) is 0 Å². The summed E-state index contributed by atoms with van der Waals surface area (Å²) in [6.07, 6.45) is 49.3. The summed E-state index contributed by atoms with van der Waals surface area (Å²) in [5, 5.41) is 5.60. The number of hydrogen-bond acceptors (Lipinski definition) is 13. The molecule has 13 heteroatoms. The third-order valence-electron chi connectivity index (χ3n) is 17.2. The molecule has 90 heavy (non-hydrogen) atoms. The lowest BCUT2D eigenvalue weighted by Gasteiger charge is -2.02. The van der Waals surface area contributed by atoms with Crippen LogP contribution in [-0.2, 0) is 32.1 Å². The van der Waals surface area contributed by atoms with Gasteiger partial charge < -0.3 is 0 Å². The third kappa shape index (κ3) is 22.6. The first kappa shape index (κ1) is 72.3. The predicted octanol–water partition coefficient (Wildman–Crippen LogP) is 28.3. The Bertz CT molecular complexity index is 3420. The maximum atomic E-state index is 5.43. The molecule has 9 aromatic rings. The zero-order chi connectivity index (χ0) is 63.3. The molecule has 0 saturated heterocycles. The largest absolute Gasteiger partial charge is 0.241 e. The van der Waals surface area contributed by atoms with Gasteiger partial charge in [0.15, 0.2) is 10.0 Å². The second-order valence-corrected chi connectivity index (χ2v) is 34.1. The van der Waals surface area contributed by atoms with Gasteiger partial charge in [-0.2, -0.15) is 0 Å². The second kappa shape index (κ2) is 40.0. The van der Waals surface area contributed by atoms with Crippen LogP contribution in [0, 0.1) is 27.7 Å². The first-order valence-electron chi connectivity index (χ1n) is 35.3. The lowest BCUT2D eigenvalue weighted by atomic mass is 10.0. The Morgan fingerprint density at radius 2 is 0.700 bits per heavy atom. The van der Waals surface area contributed by atoms with E-state index in [1.807, 2.05) is 68.0 Å². The molecule has 0 atom stereocenters. The van der Waals surface area contributed by atoms with Crippen molar-refractivity contribution < 1.29 is 0 Å². The maximum absolute atomic E-state index is 5.43. The van der Waals surface area contributed by atoms with E-state index in [9.17, 15) is 0 Å². The Morgan fingerprint density at radius 1 is 0.289 bits per heavy atom. The molecule has 0 fully saturated rings. The van der Waals surface area contributed by atoms with E-state index in [1.165, 1.54) is 302 Å². The van der Waals surface area contributed by atoms with Crippen molar-refractivity contribution in [1.82, 2.24) is 24.9 Å². The predicted molar refractivity (Wildman–Crippen MR) is 407 cm³/mol. The van der Waals surface area contributed by atoms with Gasteiger partial charge in [0.2, 0.25) is 0 Å². The lowest BCUT2D eigenvalue weighted by Crippen LogP contribution is -1.92. The van der Waals surface area contributed by atoms with Crippen LogP contribution in [0.1, 0.15) is 276 Å². The highest BCUT2D eigenvalue weighted by Gasteiger charge is 2.24. The minimum absolute atomic E-state index is 1.04. The van der Waals surface area contributed by atoms with Crippen LogP contribution in [0.25, 0.3) is 69.6 Å². The van der Waals surface area contributed by atoms with Gasteiger partial charge in [-0.05, 0) is 133 Å². The Labute approximate surface area is 576 Å². The normalized spacial score (nSPS) is 11.6. The van der Waals surface area contributed by atoms with Gasteiger partial charge in [-0.1, -0.05) is 225 Å². The molecule has 1 aromatic carbocycles. The molecule has 0 aliphatic rings. The molecule has 0 radical (unpaired) electrons. The fourth-order valence-electron chi connectivity index (χ4n) is 11.9. The average molecular weight is 1360 g/mol.